The van der Waals surface area contributed by atoms with Crippen molar-refractivity contribution < 1.29 is 9.59 Å². The first kappa shape index (κ1) is 16.9. The maximum absolute atomic E-state index is 12.3. The van der Waals surface area contributed by atoms with Gasteiger partial charge >= 0.3 is 0 Å². The summed E-state index contributed by atoms with van der Waals surface area (Å²) in [4.78, 5) is 24.6. The van der Waals surface area contributed by atoms with Gasteiger partial charge in [-0.2, -0.15) is 17.4 Å². The lowest BCUT2D eigenvalue weighted by molar-refractivity contribution is -0.121. The lowest BCUT2D eigenvalue weighted by Gasteiger charge is -2.12. The van der Waals surface area contributed by atoms with Gasteiger partial charge in [0, 0.05) is 12.8 Å². The maximum atomic E-state index is 12.3. The summed E-state index contributed by atoms with van der Waals surface area (Å²) in [7, 11) is 1.52. The van der Waals surface area contributed by atoms with Gasteiger partial charge in [0.2, 0.25) is 11.8 Å². The number of nitrogens with one attached hydrogen (secondary N) is 2. The summed E-state index contributed by atoms with van der Waals surface area (Å²) in [5.41, 5.74) is 1.05. The molecule has 0 fully saturated rings. The summed E-state index contributed by atoms with van der Waals surface area (Å²) < 4.78 is 0. The summed E-state index contributed by atoms with van der Waals surface area (Å²) in [6.07, 6.45) is 0.572. The van der Waals surface area contributed by atoms with Gasteiger partial charge in [-0.15, -0.1) is 5.10 Å². The molecule has 0 saturated carbocycles. The molecule has 0 aliphatic heterocycles. The molecule has 0 aliphatic carbocycles. The normalized spacial score (nSPS) is 11.7. The fourth-order valence-corrected chi connectivity index (χ4v) is 2.21. The second-order valence-corrected chi connectivity index (χ2v) is 5.24. The quantitative estimate of drug-likeness (QED) is 0.626. The molecule has 0 unspecified atom stereocenters. The van der Waals surface area contributed by atoms with Gasteiger partial charge in [-0.25, -0.2) is 0 Å². The van der Waals surface area contributed by atoms with E-state index in [4.69, 9.17) is 0 Å². The standard InChI is InChI=1S/C14H18N6O2S/c1-15-12(21)8-20-18-14(17-19-20)16-13(22)11(9-23)7-10-5-3-2-4-6-10/h2-6,11,23H,7-9H2,1H3,(H,15,21)(H,16,18,22)/t11-/m1/s1. The van der Waals surface area contributed by atoms with E-state index in [1.54, 1.807) is 0 Å². The molecule has 0 radical (unpaired) electrons. The Morgan fingerprint density at radius 2 is 2.04 bits per heavy atom. The molecule has 0 saturated heterocycles. The highest BCUT2D eigenvalue weighted by molar-refractivity contribution is 7.80. The number of hydrogen-bond acceptors (Lipinski definition) is 6. The first-order valence-corrected chi connectivity index (χ1v) is 7.69. The highest BCUT2D eigenvalue weighted by atomic mass is 32.1. The average molecular weight is 334 g/mol. The van der Waals surface area contributed by atoms with Crippen LogP contribution in [-0.2, 0) is 22.6 Å². The van der Waals surface area contributed by atoms with Crippen molar-refractivity contribution in [3.8, 4) is 0 Å². The Morgan fingerprint density at radius 3 is 2.70 bits per heavy atom. The zero-order chi connectivity index (χ0) is 16.7. The van der Waals surface area contributed by atoms with Crippen molar-refractivity contribution in [3.63, 3.8) is 0 Å². The van der Waals surface area contributed by atoms with E-state index in [2.05, 4.69) is 38.7 Å². The molecular weight excluding hydrogens is 316 g/mol. The number of tetrazole rings is 1. The van der Waals surface area contributed by atoms with Crippen LogP contribution in [0.4, 0.5) is 5.95 Å². The number of benzene rings is 1. The molecule has 2 rings (SSSR count). The van der Waals surface area contributed by atoms with E-state index < -0.39 is 0 Å². The monoisotopic (exact) mass is 334 g/mol. The van der Waals surface area contributed by atoms with E-state index in [1.807, 2.05) is 30.3 Å². The Morgan fingerprint density at radius 1 is 1.30 bits per heavy atom. The molecule has 9 heteroatoms. The van der Waals surface area contributed by atoms with Crippen LogP contribution in [0.15, 0.2) is 30.3 Å². The number of carbonyl (C=O) groups excluding carboxylic acids is 2. The molecule has 2 amide bonds. The number of anilines is 1. The Labute approximate surface area is 139 Å². The molecule has 0 spiro atoms. The molecule has 8 nitrogen and oxygen atoms in total. The number of carbonyl (C=O) groups is 2. The largest absolute Gasteiger partial charge is 0.358 e. The van der Waals surface area contributed by atoms with Crippen LogP contribution in [0.2, 0.25) is 0 Å². The number of amides is 2. The van der Waals surface area contributed by atoms with Crippen molar-refractivity contribution in [2.45, 2.75) is 13.0 Å². The fraction of sp³-hybridized carbons (Fsp3) is 0.357. The minimum absolute atomic E-state index is 0.0562. The minimum Gasteiger partial charge on any atom is -0.358 e. The molecule has 2 N–H and O–H groups in total. The van der Waals surface area contributed by atoms with E-state index in [0.717, 1.165) is 10.4 Å². The smallest absolute Gasteiger partial charge is 0.270 e. The highest BCUT2D eigenvalue weighted by Crippen LogP contribution is 2.12. The summed E-state index contributed by atoms with van der Waals surface area (Å²) >= 11 is 4.24. The van der Waals surface area contributed by atoms with Gasteiger partial charge in [0.05, 0.1) is 5.92 Å². The number of hydrogen-bond donors (Lipinski definition) is 3. The summed E-state index contributed by atoms with van der Waals surface area (Å²) in [5, 5.41) is 16.4. The fourth-order valence-electron chi connectivity index (χ4n) is 1.92. The van der Waals surface area contributed by atoms with Crippen LogP contribution < -0.4 is 10.6 Å². The van der Waals surface area contributed by atoms with E-state index in [9.17, 15) is 9.59 Å². The zero-order valence-corrected chi connectivity index (χ0v) is 13.5. The van der Waals surface area contributed by atoms with Gasteiger partial charge in [-0.3, -0.25) is 14.9 Å². The van der Waals surface area contributed by atoms with Gasteiger partial charge < -0.3 is 5.32 Å². The molecule has 1 atom stereocenters. The Bertz CT molecular complexity index is 660. The van der Waals surface area contributed by atoms with Crippen LogP contribution in [0.5, 0.6) is 0 Å². The maximum Gasteiger partial charge on any atom is 0.270 e. The first-order valence-electron chi connectivity index (χ1n) is 7.06. The molecule has 0 bridgehead atoms. The molecule has 1 aromatic carbocycles. The van der Waals surface area contributed by atoms with Crippen LogP contribution in [-0.4, -0.2) is 44.8 Å². The number of rotatable bonds is 7. The summed E-state index contributed by atoms with van der Waals surface area (Å²) in [5.74, 6) is -0.334. The van der Waals surface area contributed by atoms with Crippen molar-refractivity contribution in [1.82, 2.24) is 25.5 Å². The second-order valence-electron chi connectivity index (χ2n) is 4.88. The van der Waals surface area contributed by atoms with Crippen molar-refractivity contribution in [2.75, 3.05) is 18.1 Å². The molecule has 1 heterocycles. The van der Waals surface area contributed by atoms with Crippen molar-refractivity contribution in [3.05, 3.63) is 35.9 Å². The number of aromatic nitrogens is 4. The third-order valence-corrected chi connectivity index (χ3v) is 3.61. The van der Waals surface area contributed by atoms with Crippen molar-refractivity contribution >= 4 is 30.4 Å². The SMILES string of the molecule is CNC(=O)Cn1nnc(NC(=O)[C@@H](CS)Cc2ccccc2)n1. The number of thiol groups is 1. The van der Waals surface area contributed by atoms with Crippen LogP contribution in [0, 0.1) is 5.92 Å². The summed E-state index contributed by atoms with van der Waals surface area (Å²) in [6.45, 7) is -0.0562. The van der Waals surface area contributed by atoms with Crippen LogP contribution in [0.1, 0.15) is 5.56 Å². The van der Waals surface area contributed by atoms with E-state index in [0.29, 0.717) is 12.2 Å². The zero-order valence-electron chi connectivity index (χ0n) is 12.6. The second kappa shape index (κ2) is 8.28. The number of nitrogens with zero attached hydrogens (tertiary/aromatic N) is 4. The molecule has 122 valence electrons. The molecule has 1 aromatic heterocycles. The van der Waals surface area contributed by atoms with Gasteiger partial charge in [-0.05, 0) is 17.2 Å². The van der Waals surface area contributed by atoms with Crippen molar-refractivity contribution in [2.24, 2.45) is 5.92 Å². The summed E-state index contributed by atoms with van der Waals surface area (Å²) in [6, 6.07) is 9.70. The number of likely N-dealkylation sites (N-methyl/N-ethyl adjacent to an activating group) is 1. The Balaban J connectivity index is 1.95. The van der Waals surface area contributed by atoms with Gasteiger partial charge in [0.25, 0.3) is 5.95 Å². The molecule has 0 aliphatic rings. The van der Waals surface area contributed by atoms with Gasteiger partial charge in [-0.1, -0.05) is 35.4 Å². The minimum atomic E-state index is -0.313. The van der Waals surface area contributed by atoms with Crippen LogP contribution in [0.25, 0.3) is 0 Å². The van der Waals surface area contributed by atoms with Crippen LogP contribution >= 0.6 is 12.6 Å². The molecule has 2 aromatic rings. The third-order valence-electron chi connectivity index (χ3n) is 3.17. The Hall–Kier alpha value is -2.42. The lowest BCUT2D eigenvalue weighted by atomic mass is 10.0. The molecular formula is C14H18N6O2S. The average Bonchev–Trinajstić information content (AvgIpc) is 3.00. The molecule has 23 heavy (non-hydrogen) atoms. The third kappa shape index (κ3) is 5.06. The van der Waals surface area contributed by atoms with Crippen molar-refractivity contribution in [1.29, 1.82) is 0 Å². The Kier molecular flexibility index (Phi) is 6.10. The predicted octanol–water partition coefficient (Wildman–Crippen LogP) is 0.146. The lowest BCUT2D eigenvalue weighted by Crippen LogP contribution is -2.27. The first-order chi connectivity index (χ1) is 11.1. The topological polar surface area (TPSA) is 102 Å². The predicted molar refractivity (Wildman–Crippen MR) is 88.0 cm³/mol. The van der Waals surface area contributed by atoms with Crippen LogP contribution in [0.3, 0.4) is 0 Å². The van der Waals surface area contributed by atoms with Gasteiger partial charge in [0.15, 0.2) is 0 Å². The van der Waals surface area contributed by atoms with Gasteiger partial charge in [0.1, 0.15) is 6.54 Å². The van der Waals surface area contributed by atoms with E-state index in [-0.39, 0.29) is 30.2 Å². The van der Waals surface area contributed by atoms with E-state index in [1.165, 1.54) is 7.05 Å². The highest BCUT2D eigenvalue weighted by Gasteiger charge is 2.19. The van der Waals surface area contributed by atoms with E-state index >= 15 is 0 Å².